The summed E-state index contributed by atoms with van der Waals surface area (Å²) in [5.74, 6) is 0.684. The molecule has 0 bridgehead atoms. The SMILES string of the molecule is CC1=C2C=CC=C3c4c(-c5ccccc5)c5c(c(-c6ccccc6)c4C(C=C1)C32)-c1ccc(C)c2cccc-5c12. The Morgan fingerprint density at radius 3 is 2.05 bits per heavy atom. The highest BCUT2D eigenvalue weighted by molar-refractivity contribution is 6.23. The van der Waals surface area contributed by atoms with E-state index in [1.165, 1.54) is 88.7 Å². The number of fused-ring (bicyclic) bond motifs is 6. The van der Waals surface area contributed by atoms with Crippen LogP contribution in [0.25, 0.3) is 60.9 Å². The molecule has 0 aromatic heterocycles. The molecular weight excluding hydrogens is 480 g/mol. The molecule has 0 spiro atoms. The first-order chi connectivity index (χ1) is 19.7. The molecule has 0 N–H and O–H groups in total. The fourth-order valence-electron chi connectivity index (χ4n) is 8.06. The van der Waals surface area contributed by atoms with Gasteiger partial charge in [0.2, 0.25) is 0 Å². The molecule has 0 saturated carbocycles. The maximum atomic E-state index is 2.49. The molecule has 9 rings (SSSR count). The average Bonchev–Trinajstić information content (AvgIpc) is 3.51. The zero-order valence-electron chi connectivity index (χ0n) is 22.7. The Labute approximate surface area is 235 Å². The van der Waals surface area contributed by atoms with Crippen molar-refractivity contribution in [3.8, 4) is 44.5 Å². The van der Waals surface area contributed by atoms with Crippen molar-refractivity contribution in [1.29, 1.82) is 0 Å². The predicted octanol–water partition coefficient (Wildman–Crippen LogP) is 10.7. The lowest BCUT2D eigenvalue weighted by Gasteiger charge is -2.28. The van der Waals surface area contributed by atoms with Crippen LogP contribution in [0, 0.1) is 12.8 Å². The van der Waals surface area contributed by atoms with E-state index in [4.69, 9.17) is 0 Å². The van der Waals surface area contributed by atoms with Gasteiger partial charge in [-0.05, 0) is 103 Å². The van der Waals surface area contributed by atoms with E-state index in [2.05, 4.69) is 135 Å². The van der Waals surface area contributed by atoms with E-state index in [0.717, 1.165) is 0 Å². The fourth-order valence-corrected chi connectivity index (χ4v) is 8.06. The zero-order valence-corrected chi connectivity index (χ0v) is 22.7. The molecule has 0 saturated heterocycles. The summed E-state index contributed by atoms with van der Waals surface area (Å²) < 4.78 is 0. The first-order valence-electron chi connectivity index (χ1n) is 14.4. The third kappa shape index (κ3) is 2.71. The molecular formula is C40H28. The van der Waals surface area contributed by atoms with Crippen molar-refractivity contribution in [1.82, 2.24) is 0 Å². The first-order valence-corrected chi connectivity index (χ1v) is 14.4. The molecule has 5 aromatic carbocycles. The smallest absolute Gasteiger partial charge is 0.0202 e. The zero-order chi connectivity index (χ0) is 26.5. The molecule has 2 unspecified atom stereocenters. The van der Waals surface area contributed by atoms with Crippen molar-refractivity contribution in [3.63, 3.8) is 0 Å². The summed E-state index contributed by atoms with van der Waals surface area (Å²) >= 11 is 0. The van der Waals surface area contributed by atoms with Gasteiger partial charge in [0, 0.05) is 11.8 Å². The van der Waals surface area contributed by atoms with Crippen molar-refractivity contribution < 1.29 is 0 Å². The molecule has 0 aliphatic heterocycles. The lowest BCUT2D eigenvalue weighted by Crippen LogP contribution is -2.14. The summed E-state index contributed by atoms with van der Waals surface area (Å²) in [4.78, 5) is 0. The van der Waals surface area contributed by atoms with Crippen molar-refractivity contribution >= 4 is 16.3 Å². The van der Waals surface area contributed by atoms with Crippen LogP contribution in [-0.2, 0) is 0 Å². The van der Waals surface area contributed by atoms with Crippen molar-refractivity contribution in [3.05, 3.63) is 149 Å². The monoisotopic (exact) mass is 508 g/mol. The number of benzene rings is 5. The van der Waals surface area contributed by atoms with Crippen LogP contribution < -0.4 is 0 Å². The molecule has 4 aliphatic carbocycles. The van der Waals surface area contributed by atoms with Gasteiger partial charge in [-0.1, -0.05) is 121 Å². The molecule has 0 heterocycles. The minimum absolute atomic E-state index is 0.317. The molecule has 40 heavy (non-hydrogen) atoms. The van der Waals surface area contributed by atoms with Crippen LogP contribution >= 0.6 is 0 Å². The summed E-state index contributed by atoms with van der Waals surface area (Å²) in [6.45, 7) is 4.52. The van der Waals surface area contributed by atoms with E-state index >= 15 is 0 Å². The topological polar surface area (TPSA) is 0 Å². The summed E-state index contributed by atoms with van der Waals surface area (Å²) in [6.07, 6.45) is 11.9. The van der Waals surface area contributed by atoms with Crippen LogP contribution in [-0.4, -0.2) is 0 Å². The van der Waals surface area contributed by atoms with Gasteiger partial charge in [-0.15, -0.1) is 0 Å². The number of aryl methyl sites for hydroxylation is 1. The molecule has 4 aliphatic rings. The third-order valence-electron chi connectivity index (χ3n) is 9.67. The van der Waals surface area contributed by atoms with Crippen molar-refractivity contribution in [2.24, 2.45) is 5.92 Å². The number of hydrogen-bond donors (Lipinski definition) is 0. The van der Waals surface area contributed by atoms with E-state index in [-0.39, 0.29) is 0 Å². The molecule has 0 heteroatoms. The predicted molar refractivity (Wildman–Crippen MR) is 169 cm³/mol. The molecule has 5 aromatic rings. The number of rotatable bonds is 2. The van der Waals surface area contributed by atoms with E-state index in [0.29, 0.717) is 11.8 Å². The standard InChI is InChI=1S/C40H28/c1-23-19-21-31-35-27(23)15-9-17-29(35)37-33(25-11-5-3-6-12-25)38-30-18-10-16-28-24(2)20-22-32(36(28)30)40(38)34(39(31)37)26-13-7-4-8-14-26/h3-22,31,35H,1-2H3. The molecule has 2 atom stereocenters. The van der Waals surface area contributed by atoms with Gasteiger partial charge < -0.3 is 0 Å². The molecule has 188 valence electrons. The van der Waals surface area contributed by atoms with E-state index in [9.17, 15) is 0 Å². The quantitative estimate of drug-likeness (QED) is 0.218. The third-order valence-corrected chi connectivity index (χ3v) is 9.67. The van der Waals surface area contributed by atoms with Crippen molar-refractivity contribution in [2.45, 2.75) is 19.8 Å². The number of allylic oxidation sites excluding steroid dienone is 8. The lowest BCUT2D eigenvalue weighted by atomic mass is 9.75. The maximum Gasteiger partial charge on any atom is 0.0202 e. The van der Waals surface area contributed by atoms with Crippen LogP contribution in [0.4, 0.5) is 0 Å². The van der Waals surface area contributed by atoms with Crippen LogP contribution in [0.1, 0.15) is 29.5 Å². The normalized spacial score (nSPS) is 19.1. The van der Waals surface area contributed by atoms with Gasteiger partial charge in [0.15, 0.2) is 0 Å². The second kappa shape index (κ2) is 7.93. The van der Waals surface area contributed by atoms with Gasteiger partial charge in [0.05, 0.1) is 0 Å². The second-order valence-electron chi connectivity index (χ2n) is 11.7. The van der Waals surface area contributed by atoms with Gasteiger partial charge >= 0.3 is 0 Å². The average molecular weight is 509 g/mol. The largest absolute Gasteiger partial charge is 0.0757 e. The summed E-state index contributed by atoms with van der Waals surface area (Å²) in [6, 6.07) is 33.9. The Morgan fingerprint density at radius 1 is 0.575 bits per heavy atom. The Hall–Kier alpha value is -4.68. The van der Waals surface area contributed by atoms with Crippen LogP contribution in [0.2, 0.25) is 0 Å². The second-order valence-corrected chi connectivity index (χ2v) is 11.7. The summed E-state index contributed by atoms with van der Waals surface area (Å²) in [5.41, 5.74) is 19.6. The van der Waals surface area contributed by atoms with E-state index in [1.54, 1.807) is 0 Å². The van der Waals surface area contributed by atoms with Gasteiger partial charge in [0.25, 0.3) is 0 Å². The van der Waals surface area contributed by atoms with Gasteiger partial charge in [0.1, 0.15) is 0 Å². The minimum atomic E-state index is 0.317. The highest BCUT2D eigenvalue weighted by Crippen LogP contribution is 2.65. The summed E-state index contributed by atoms with van der Waals surface area (Å²) in [7, 11) is 0. The fraction of sp³-hybridized carbons (Fsp3) is 0.100. The Bertz CT molecular complexity index is 2050. The highest BCUT2D eigenvalue weighted by atomic mass is 14.5. The Morgan fingerprint density at radius 2 is 1.27 bits per heavy atom. The van der Waals surface area contributed by atoms with Crippen LogP contribution in [0.5, 0.6) is 0 Å². The first kappa shape index (κ1) is 22.2. The van der Waals surface area contributed by atoms with Gasteiger partial charge in [-0.25, -0.2) is 0 Å². The Kier molecular flexibility index (Phi) is 4.39. The summed E-state index contributed by atoms with van der Waals surface area (Å²) in [5, 5.41) is 2.76. The van der Waals surface area contributed by atoms with E-state index in [1.807, 2.05) is 0 Å². The minimum Gasteiger partial charge on any atom is -0.0757 e. The molecule has 0 fully saturated rings. The van der Waals surface area contributed by atoms with Gasteiger partial charge in [-0.2, -0.15) is 0 Å². The molecule has 0 amide bonds. The highest BCUT2D eigenvalue weighted by Gasteiger charge is 2.45. The Balaban J connectivity index is 1.54. The van der Waals surface area contributed by atoms with Gasteiger partial charge in [-0.3, -0.25) is 0 Å². The number of hydrogen-bond acceptors (Lipinski definition) is 0. The maximum absolute atomic E-state index is 2.49. The van der Waals surface area contributed by atoms with E-state index < -0.39 is 0 Å². The van der Waals surface area contributed by atoms with Crippen LogP contribution in [0.15, 0.2) is 133 Å². The van der Waals surface area contributed by atoms with Crippen LogP contribution in [0.3, 0.4) is 0 Å². The lowest BCUT2D eigenvalue weighted by molar-refractivity contribution is 0.714. The van der Waals surface area contributed by atoms with Crippen molar-refractivity contribution in [2.75, 3.05) is 0 Å². The molecule has 0 radical (unpaired) electrons. The molecule has 0 nitrogen and oxygen atoms in total.